The quantitative estimate of drug-likeness (QED) is 0.333. The van der Waals surface area contributed by atoms with Crippen molar-refractivity contribution in [3.8, 4) is 0 Å². The van der Waals surface area contributed by atoms with Gasteiger partial charge in [-0.2, -0.15) is 0 Å². The summed E-state index contributed by atoms with van der Waals surface area (Å²) >= 11 is 6.67. The maximum Gasteiger partial charge on any atom is 0.266 e. The summed E-state index contributed by atoms with van der Waals surface area (Å²) in [5.41, 5.74) is 3.05. The van der Waals surface area contributed by atoms with Gasteiger partial charge in [0.1, 0.15) is 10.9 Å². The summed E-state index contributed by atoms with van der Waals surface area (Å²) < 4.78 is 12.6. The lowest BCUT2D eigenvalue weighted by molar-refractivity contribution is -0.123. The standard InChI is InChI=1S/C22H27N3O4S2/c1-4-15-6-5-7-17-16(12-18-21(27)25(9-11-29-3)22(30)31-18)13-24(20(15)17)14-19(26)23-8-10-28-2/h5-7,12-13H,4,8-11,14H2,1-3H3,(H,23,26)/b18-12-. The molecule has 2 amide bonds. The van der Waals surface area contributed by atoms with E-state index in [1.54, 1.807) is 19.1 Å². The summed E-state index contributed by atoms with van der Waals surface area (Å²) in [6.45, 7) is 4.07. The highest BCUT2D eigenvalue weighted by Crippen LogP contribution is 2.35. The first-order valence-electron chi connectivity index (χ1n) is 10.1. The number of nitrogens with zero attached hydrogens (tertiary/aromatic N) is 2. The predicted octanol–water partition coefficient (Wildman–Crippen LogP) is 2.81. The first-order valence-corrected chi connectivity index (χ1v) is 11.3. The first kappa shape index (κ1) is 23.5. The Morgan fingerprint density at radius 3 is 2.74 bits per heavy atom. The Kier molecular flexibility index (Phi) is 8.25. The van der Waals surface area contributed by atoms with Crippen molar-refractivity contribution in [1.82, 2.24) is 14.8 Å². The lowest BCUT2D eigenvalue weighted by Gasteiger charge is -2.12. The van der Waals surface area contributed by atoms with Gasteiger partial charge in [0, 0.05) is 37.9 Å². The van der Waals surface area contributed by atoms with Crippen molar-refractivity contribution < 1.29 is 19.1 Å². The van der Waals surface area contributed by atoms with Crippen LogP contribution in [0.1, 0.15) is 18.1 Å². The molecule has 0 spiro atoms. The number of amides is 2. The van der Waals surface area contributed by atoms with E-state index in [0.29, 0.717) is 35.5 Å². The van der Waals surface area contributed by atoms with Crippen molar-refractivity contribution in [3.63, 3.8) is 0 Å². The third-order valence-corrected chi connectivity index (χ3v) is 6.39. The molecule has 1 fully saturated rings. The van der Waals surface area contributed by atoms with Crippen molar-refractivity contribution >= 4 is 57.1 Å². The molecule has 2 aromatic rings. The number of aryl methyl sites for hydroxylation is 1. The van der Waals surface area contributed by atoms with Crippen molar-refractivity contribution in [3.05, 3.63) is 40.4 Å². The van der Waals surface area contributed by atoms with Crippen LogP contribution >= 0.6 is 24.0 Å². The van der Waals surface area contributed by atoms with Crippen LogP contribution in [0.3, 0.4) is 0 Å². The Bertz CT molecular complexity index is 1020. The molecular weight excluding hydrogens is 434 g/mol. The van der Waals surface area contributed by atoms with E-state index in [1.165, 1.54) is 11.8 Å². The number of hydrogen-bond donors (Lipinski definition) is 1. The van der Waals surface area contributed by atoms with E-state index in [4.69, 9.17) is 21.7 Å². The molecule has 0 radical (unpaired) electrons. The maximum absolute atomic E-state index is 12.8. The van der Waals surface area contributed by atoms with E-state index in [9.17, 15) is 9.59 Å². The normalized spacial score (nSPS) is 15.5. The largest absolute Gasteiger partial charge is 0.383 e. The molecule has 31 heavy (non-hydrogen) atoms. The van der Waals surface area contributed by atoms with Gasteiger partial charge in [-0.1, -0.05) is 49.1 Å². The molecule has 166 valence electrons. The maximum atomic E-state index is 12.8. The summed E-state index contributed by atoms with van der Waals surface area (Å²) in [6.07, 6.45) is 4.64. The molecule has 0 unspecified atom stereocenters. The Balaban J connectivity index is 1.94. The number of thioether (sulfide) groups is 1. The van der Waals surface area contributed by atoms with E-state index < -0.39 is 0 Å². The molecule has 2 heterocycles. The van der Waals surface area contributed by atoms with Crippen LogP contribution in [0, 0.1) is 0 Å². The molecule has 1 N–H and O–H groups in total. The molecule has 0 bridgehead atoms. The molecule has 1 saturated heterocycles. The second-order valence-corrected chi connectivity index (χ2v) is 8.72. The summed E-state index contributed by atoms with van der Waals surface area (Å²) in [7, 11) is 3.20. The van der Waals surface area contributed by atoms with Gasteiger partial charge in [0.25, 0.3) is 5.91 Å². The fourth-order valence-corrected chi connectivity index (χ4v) is 4.81. The highest BCUT2D eigenvalue weighted by molar-refractivity contribution is 8.26. The lowest BCUT2D eigenvalue weighted by atomic mass is 10.1. The zero-order valence-corrected chi connectivity index (χ0v) is 19.6. The van der Waals surface area contributed by atoms with Crippen molar-refractivity contribution in [1.29, 1.82) is 0 Å². The minimum Gasteiger partial charge on any atom is -0.383 e. The lowest BCUT2D eigenvalue weighted by Crippen LogP contribution is -2.31. The number of carbonyl (C=O) groups is 2. The number of aromatic nitrogens is 1. The summed E-state index contributed by atoms with van der Waals surface area (Å²) in [4.78, 5) is 27.4. The highest BCUT2D eigenvalue weighted by Gasteiger charge is 2.32. The van der Waals surface area contributed by atoms with Gasteiger partial charge in [-0.3, -0.25) is 14.5 Å². The van der Waals surface area contributed by atoms with Crippen LogP contribution in [0.15, 0.2) is 29.3 Å². The third-order valence-electron chi connectivity index (χ3n) is 5.02. The fraction of sp³-hybridized carbons (Fsp3) is 0.409. The van der Waals surface area contributed by atoms with Crippen LogP contribution in [-0.4, -0.2) is 66.1 Å². The number of carbonyl (C=O) groups excluding carboxylic acids is 2. The number of hydrogen-bond acceptors (Lipinski definition) is 6. The zero-order valence-electron chi connectivity index (χ0n) is 18.0. The molecule has 7 nitrogen and oxygen atoms in total. The number of benzene rings is 1. The van der Waals surface area contributed by atoms with Gasteiger partial charge in [-0.05, 0) is 18.1 Å². The number of ether oxygens (including phenoxy) is 2. The molecule has 9 heteroatoms. The van der Waals surface area contributed by atoms with E-state index >= 15 is 0 Å². The van der Waals surface area contributed by atoms with E-state index in [2.05, 4.69) is 18.3 Å². The SMILES string of the molecule is CCc1cccc2c(/C=C3\SC(=S)N(CCOC)C3=O)cn(CC(=O)NCCOC)c12. The Morgan fingerprint density at radius 2 is 2.03 bits per heavy atom. The second kappa shape index (κ2) is 10.9. The molecule has 1 aromatic heterocycles. The summed E-state index contributed by atoms with van der Waals surface area (Å²) in [5.74, 6) is -0.200. The molecule has 1 aliphatic heterocycles. The Morgan fingerprint density at radius 1 is 1.26 bits per heavy atom. The monoisotopic (exact) mass is 461 g/mol. The molecule has 0 saturated carbocycles. The molecule has 1 aliphatic rings. The highest BCUT2D eigenvalue weighted by atomic mass is 32.2. The van der Waals surface area contributed by atoms with Crippen LogP contribution in [0.5, 0.6) is 0 Å². The fourth-order valence-electron chi connectivity index (χ4n) is 3.51. The third kappa shape index (κ3) is 5.35. The van der Waals surface area contributed by atoms with Gasteiger partial charge in [-0.15, -0.1) is 0 Å². The molecule has 0 aliphatic carbocycles. The number of nitrogens with one attached hydrogen (secondary N) is 1. The smallest absolute Gasteiger partial charge is 0.266 e. The van der Waals surface area contributed by atoms with Crippen LogP contribution in [0.25, 0.3) is 17.0 Å². The first-order chi connectivity index (χ1) is 15.0. The minimum absolute atomic E-state index is 0.0858. The van der Waals surface area contributed by atoms with E-state index in [0.717, 1.165) is 28.5 Å². The van der Waals surface area contributed by atoms with Gasteiger partial charge in [0.15, 0.2) is 0 Å². The van der Waals surface area contributed by atoms with Gasteiger partial charge < -0.3 is 19.4 Å². The van der Waals surface area contributed by atoms with Gasteiger partial charge in [-0.25, -0.2) is 0 Å². The van der Waals surface area contributed by atoms with Crippen molar-refractivity contribution in [2.45, 2.75) is 19.9 Å². The number of rotatable bonds is 10. The number of fused-ring (bicyclic) bond motifs is 1. The van der Waals surface area contributed by atoms with Crippen LogP contribution in [0.4, 0.5) is 0 Å². The van der Waals surface area contributed by atoms with Crippen molar-refractivity contribution in [2.24, 2.45) is 0 Å². The number of thiocarbonyl (C=S) groups is 1. The van der Waals surface area contributed by atoms with Crippen molar-refractivity contribution in [2.75, 3.05) is 40.5 Å². The predicted molar refractivity (Wildman–Crippen MR) is 128 cm³/mol. The second-order valence-electron chi connectivity index (χ2n) is 7.05. The summed E-state index contributed by atoms with van der Waals surface area (Å²) in [6, 6.07) is 6.09. The Hall–Kier alpha value is -2.20. The number of para-hydroxylation sites is 1. The van der Waals surface area contributed by atoms with Gasteiger partial charge in [0.05, 0.1) is 30.2 Å². The number of methoxy groups -OCH3 is 2. The molecule has 0 atom stereocenters. The summed E-state index contributed by atoms with van der Waals surface area (Å²) in [5, 5.41) is 3.87. The molecular formula is C22H27N3O4S2. The van der Waals surface area contributed by atoms with E-state index in [1.807, 2.05) is 29.0 Å². The average molecular weight is 462 g/mol. The van der Waals surface area contributed by atoms with Crippen LogP contribution in [0.2, 0.25) is 0 Å². The van der Waals surface area contributed by atoms with E-state index in [-0.39, 0.29) is 18.4 Å². The minimum atomic E-state index is -0.114. The zero-order chi connectivity index (χ0) is 22.4. The van der Waals surface area contributed by atoms with Gasteiger partial charge >= 0.3 is 0 Å². The van der Waals surface area contributed by atoms with Crippen LogP contribution < -0.4 is 5.32 Å². The van der Waals surface area contributed by atoms with Gasteiger partial charge in [0.2, 0.25) is 5.91 Å². The topological polar surface area (TPSA) is 72.8 Å². The average Bonchev–Trinajstić information content (AvgIpc) is 3.23. The Labute approximate surface area is 191 Å². The molecule has 3 rings (SSSR count). The van der Waals surface area contributed by atoms with Crippen LogP contribution in [-0.2, 0) is 32.0 Å². The molecule has 1 aromatic carbocycles.